The first kappa shape index (κ1) is 14.1. The van der Waals surface area contributed by atoms with E-state index in [1.54, 1.807) is 0 Å². The molecule has 0 amide bonds. The van der Waals surface area contributed by atoms with Crippen LogP contribution >= 0.6 is 23.2 Å². The van der Waals surface area contributed by atoms with Gasteiger partial charge in [0, 0.05) is 17.1 Å². The molecule has 0 radical (unpaired) electrons. The van der Waals surface area contributed by atoms with E-state index in [1.165, 1.54) is 31.4 Å². The zero-order chi connectivity index (χ0) is 13.3. The molecule has 1 aliphatic rings. The molecule has 3 atom stereocenters. The van der Waals surface area contributed by atoms with Crippen molar-refractivity contribution in [1.82, 2.24) is 5.32 Å². The second-order valence-electron chi connectivity index (χ2n) is 5.19. The molecule has 1 saturated carbocycles. The molecule has 0 aromatic heterocycles. The van der Waals surface area contributed by atoms with Crippen molar-refractivity contribution in [2.24, 2.45) is 5.92 Å². The van der Waals surface area contributed by atoms with Gasteiger partial charge in [-0.05, 0) is 43.4 Å². The third-order valence-electron chi connectivity index (χ3n) is 3.83. The topological polar surface area (TPSA) is 12.0 Å². The Labute approximate surface area is 118 Å². The van der Waals surface area contributed by atoms with Gasteiger partial charge in [0.05, 0.1) is 5.02 Å². The van der Waals surface area contributed by atoms with E-state index in [9.17, 15) is 4.39 Å². The fraction of sp³-hybridized carbons (Fsp3) is 0.571. The normalized spacial score (nSPS) is 25.4. The average molecular weight is 290 g/mol. The first-order valence-electron chi connectivity index (χ1n) is 6.39. The number of hydrogen-bond donors (Lipinski definition) is 1. The number of rotatable bonds is 3. The summed E-state index contributed by atoms with van der Waals surface area (Å²) < 4.78 is 13.5. The van der Waals surface area contributed by atoms with Crippen LogP contribution < -0.4 is 5.32 Å². The van der Waals surface area contributed by atoms with Crippen LogP contribution in [0.4, 0.5) is 4.39 Å². The van der Waals surface area contributed by atoms with Crippen LogP contribution in [0.15, 0.2) is 12.1 Å². The molecular weight excluding hydrogens is 272 g/mol. The molecule has 4 heteroatoms. The summed E-state index contributed by atoms with van der Waals surface area (Å²) in [5.74, 6) is 0.257. The second kappa shape index (κ2) is 5.77. The van der Waals surface area contributed by atoms with Gasteiger partial charge in [-0.3, -0.25) is 0 Å². The van der Waals surface area contributed by atoms with Gasteiger partial charge in [0.15, 0.2) is 0 Å². The molecule has 0 spiro atoms. The Kier molecular flexibility index (Phi) is 4.52. The third kappa shape index (κ3) is 2.98. The van der Waals surface area contributed by atoms with Crippen LogP contribution in [0.3, 0.4) is 0 Å². The summed E-state index contributed by atoms with van der Waals surface area (Å²) >= 11 is 11.8. The Morgan fingerprint density at radius 1 is 1.28 bits per heavy atom. The first-order valence-corrected chi connectivity index (χ1v) is 7.15. The molecule has 100 valence electrons. The van der Waals surface area contributed by atoms with Crippen molar-refractivity contribution in [3.8, 4) is 0 Å². The standard InChI is InChI=1S/C14H18Cl2FN/c1-8-4-3-5-14(8)18-9(2)10-6-13(17)12(16)7-11(10)15/h6-9,14,18H,3-5H2,1-2H3. The van der Waals surface area contributed by atoms with E-state index in [0.717, 1.165) is 5.56 Å². The van der Waals surface area contributed by atoms with Gasteiger partial charge in [-0.25, -0.2) is 4.39 Å². The van der Waals surface area contributed by atoms with Crippen LogP contribution in [-0.2, 0) is 0 Å². The number of halogens is 3. The molecule has 1 aliphatic carbocycles. The van der Waals surface area contributed by atoms with Crippen LogP contribution in [-0.4, -0.2) is 6.04 Å². The summed E-state index contributed by atoms with van der Waals surface area (Å²) in [6.07, 6.45) is 3.69. The van der Waals surface area contributed by atoms with Crippen molar-refractivity contribution < 1.29 is 4.39 Å². The highest BCUT2D eigenvalue weighted by Gasteiger charge is 2.25. The highest BCUT2D eigenvalue weighted by Crippen LogP contribution is 2.31. The van der Waals surface area contributed by atoms with Crippen molar-refractivity contribution in [1.29, 1.82) is 0 Å². The van der Waals surface area contributed by atoms with Crippen molar-refractivity contribution in [3.63, 3.8) is 0 Å². The SMILES string of the molecule is CC(NC1CCCC1C)c1cc(F)c(Cl)cc1Cl. The van der Waals surface area contributed by atoms with Gasteiger partial charge in [0.2, 0.25) is 0 Å². The minimum Gasteiger partial charge on any atom is -0.307 e. The summed E-state index contributed by atoms with van der Waals surface area (Å²) in [5, 5.41) is 4.13. The highest BCUT2D eigenvalue weighted by atomic mass is 35.5. The Hall–Kier alpha value is -0.310. The molecule has 1 N–H and O–H groups in total. The minimum atomic E-state index is -0.413. The molecular formula is C14H18Cl2FN. The van der Waals surface area contributed by atoms with Gasteiger partial charge >= 0.3 is 0 Å². The number of hydrogen-bond acceptors (Lipinski definition) is 1. The Bertz CT molecular complexity index is 436. The molecule has 0 bridgehead atoms. The van der Waals surface area contributed by atoms with Crippen molar-refractivity contribution in [2.75, 3.05) is 0 Å². The maximum absolute atomic E-state index is 13.5. The fourth-order valence-electron chi connectivity index (χ4n) is 2.67. The molecule has 0 heterocycles. The van der Waals surface area contributed by atoms with Crippen molar-refractivity contribution in [3.05, 3.63) is 33.6 Å². The third-order valence-corrected chi connectivity index (χ3v) is 4.45. The summed E-state index contributed by atoms with van der Waals surface area (Å²) in [7, 11) is 0. The number of nitrogens with one attached hydrogen (secondary N) is 1. The van der Waals surface area contributed by atoms with E-state index in [4.69, 9.17) is 23.2 Å². The summed E-state index contributed by atoms with van der Waals surface area (Å²) in [6.45, 7) is 4.26. The van der Waals surface area contributed by atoms with E-state index < -0.39 is 5.82 Å². The van der Waals surface area contributed by atoms with Crippen molar-refractivity contribution in [2.45, 2.75) is 45.2 Å². The Morgan fingerprint density at radius 3 is 2.61 bits per heavy atom. The lowest BCUT2D eigenvalue weighted by Crippen LogP contribution is -2.33. The zero-order valence-electron chi connectivity index (χ0n) is 10.6. The minimum absolute atomic E-state index is 0.0369. The van der Waals surface area contributed by atoms with E-state index in [-0.39, 0.29) is 11.1 Å². The van der Waals surface area contributed by atoms with Gasteiger partial charge in [-0.2, -0.15) is 0 Å². The molecule has 0 saturated heterocycles. The Morgan fingerprint density at radius 2 is 2.00 bits per heavy atom. The molecule has 18 heavy (non-hydrogen) atoms. The van der Waals surface area contributed by atoms with Crippen LogP contribution in [0.2, 0.25) is 10.0 Å². The van der Waals surface area contributed by atoms with Gasteiger partial charge in [0.25, 0.3) is 0 Å². The fourth-order valence-corrected chi connectivity index (χ4v) is 3.22. The predicted molar refractivity (Wildman–Crippen MR) is 74.8 cm³/mol. The van der Waals surface area contributed by atoms with Gasteiger partial charge in [0.1, 0.15) is 5.82 Å². The lowest BCUT2D eigenvalue weighted by atomic mass is 10.0. The smallest absolute Gasteiger partial charge is 0.142 e. The van der Waals surface area contributed by atoms with Crippen LogP contribution in [0, 0.1) is 11.7 Å². The largest absolute Gasteiger partial charge is 0.307 e. The summed E-state index contributed by atoms with van der Waals surface area (Å²) in [4.78, 5) is 0. The highest BCUT2D eigenvalue weighted by molar-refractivity contribution is 6.35. The lowest BCUT2D eigenvalue weighted by molar-refractivity contribution is 0.388. The molecule has 1 fully saturated rings. The Balaban J connectivity index is 2.13. The molecule has 3 unspecified atom stereocenters. The molecule has 1 nitrogen and oxygen atoms in total. The van der Waals surface area contributed by atoms with E-state index in [1.807, 2.05) is 6.92 Å². The van der Waals surface area contributed by atoms with E-state index in [2.05, 4.69) is 12.2 Å². The average Bonchev–Trinajstić information content (AvgIpc) is 2.69. The predicted octanol–water partition coefficient (Wildman–Crippen LogP) is 4.97. The molecule has 0 aliphatic heterocycles. The summed E-state index contributed by atoms with van der Waals surface area (Å²) in [6, 6.07) is 3.44. The lowest BCUT2D eigenvalue weighted by Gasteiger charge is -2.24. The maximum Gasteiger partial charge on any atom is 0.142 e. The van der Waals surface area contributed by atoms with E-state index >= 15 is 0 Å². The van der Waals surface area contributed by atoms with Gasteiger partial charge in [-0.1, -0.05) is 36.5 Å². The van der Waals surface area contributed by atoms with Crippen LogP contribution in [0.5, 0.6) is 0 Å². The van der Waals surface area contributed by atoms with E-state index in [0.29, 0.717) is 17.0 Å². The van der Waals surface area contributed by atoms with Gasteiger partial charge in [-0.15, -0.1) is 0 Å². The van der Waals surface area contributed by atoms with Gasteiger partial charge < -0.3 is 5.32 Å². The molecule has 1 aromatic carbocycles. The zero-order valence-corrected chi connectivity index (χ0v) is 12.2. The second-order valence-corrected chi connectivity index (χ2v) is 6.01. The monoisotopic (exact) mass is 289 g/mol. The molecule has 2 rings (SSSR count). The maximum atomic E-state index is 13.5. The molecule has 1 aromatic rings. The van der Waals surface area contributed by atoms with Crippen molar-refractivity contribution >= 4 is 23.2 Å². The van der Waals surface area contributed by atoms with Crippen LogP contribution in [0.1, 0.15) is 44.7 Å². The quantitative estimate of drug-likeness (QED) is 0.775. The first-order chi connectivity index (χ1) is 8.49. The summed E-state index contributed by atoms with van der Waals surface area (Å²) in [5.41, 5.74) is 0.776. The number of benzene rings is 1. The van der Waals surface area contributed by atoms with Crippen LogP contribution in [0.25, 0.3) is 0 Å².